The lowest BCUT2D eigenvalue weighted by Crippen LogP contribution is -2.65. The molecule has 1 saturated carbocycles. The van der Waals surface area contributed by atoms with Gasteiger partial charge in [-0.25, -0.2) is 0 Å². The number of nitrogens with two attached hydrogens (primary N) is 4. The van der Waals surface area contributed by atoms with Gasteiger partial charge in [0.1, 0.15) is 36.6 Å². The van der Waals surface area contributed by atoms with Crippen molar-refractivity contribution in [3.63, 3.8) is 0 Å². The van der Waals surface area contributed by atoms with Gasteiger partial charge in [0.15, 0.2) is 12.6 Å². The zero-order valence-corrected chi connectivity index (χ0v) is 17.6. The summed E-state index contributed by atoms with van der Waals surface area (Å²) < 4.78 is 22.2. The molecule has 3 fully saturated rings. The van der Waals surface area contributed by atoms with Crippen LogP contribution in [0.1, 0.15) is 12.8 Å². The summed E-state index contributed by atoms with van der Waals surface area (Å²) in [7, 11) is 0. The molecule has 8 unspecified atom stereocenters. The van der Waals surface area contributed by atoms with Crippen molar-refractivity contribution in [3.8, 4) is 0 Å². The molecule has 14 nitrogen and oxygen atoms in total. The molecular weight excluding hydrogens is 432 g/mol. The summed E-state index contributed by atoms with van der Waals surface area (Å²) in [6, 6.07) is -1.89. The SMILES string of the molecule is NC[C@H]1O[C@@H](OC2CC(N)(CO[C@H]3OC(CO)[C@@H](O)C(O)C3N)C[C@@H](N)C2O)C(O)C1O. The highest BCUT2D eigenvalue weighted by molar-refractivity contribution is 5.02. The Morgan fingerprint density at radius 2 is 1.47 bits per heavy atom. The number of rotatable bonds is 7. The monoisotopic (exact) mass is 468 g/mol. The van der Waals surface area contributed by atoms with Gasteiger partial charge in [0.2, 0.25) is 0 Å². The highest BCUT2D eigenvalue weighted by Gasteiger charge is 2.49. The molecule has 0 aromatic carbocycles. The number of ether oxygens (including phenoxy) is 4. The van der Waals surface area contributed by atoms with E-state index < -0.39 is 85.6 Å². The smallest absolute Gasteiger partial charge is 0.187 e. The van der Waals surface area contributed by atoms with Gasteiger partial charge in [-0.3, -0.25) is 0 Å². The third kappa shape index (κ3) is 5.24. The van der Waals surface area contributed by atoms with Crippen LogP contribution in [0.15, 0.2) is 0 Å². The van der Waals surface area contributed by atoms with Crippen molar-refractivity contribution in [1.82, 2.24) is 0 Å². The Morgan fingerprint density at radius 3 is 2.06 bits per heavy atom. The molecule has 1 aliphatic carbocycles. The van der Waals surface area contributed by atoms with E-state index in [-0.39, 0.29) is 26.0 Å². The van der Waals surface area contributed by atoms with Crippen molar-refractivity contribution in [2.75, 3.05) is 19.8 Å². The van der Waals surface area contributed by atoms with Crippen LogP contribution >= 0.6 is 0 Å². The summed E-state index contributed by atoms with van der Waals surface area (Å²) >= 11 is 0. The van der Waals surface area contributed by atoms with Crippen LogP contribution in [-0.4, -0.2) is 129 Å². The Hall–Kier alpha value is -0.560. The lowest BCUT2D eigenvalue weighted by Gasteiger charge is -2.46. The van der Waals surface area contributed by atoms with E-state index in [1.54, 1.807) is 0 Å². The Bertz CT molecular complexity index is 620. The first-order valence-electron chi connectivity index (χ1n) is 10.6. The van der Waals surface area contributed by atoms with Crippen molar-refractivity contribution in [1.29, 1.82) is 0 Å². The Kier molecular flexibility index (Phi) is 8.44. The third-order valence-corrected chi connectivity index (χ3v) is 6.39. The van der Waals surface area contributed by atoms with E-state index in [1.807, 2.05) is 0 Å². The van der Waals surface area contributed by atoms with Gasteiger partial charge in [-0.2, -0.15) is 0 Å². The molecule has 13 atom stereocenters. The van der Waals surface area contributed by atoms with Crippen LogP contribution in [-0.2, 0) is 18.9 Å². The maximum absolute atomic E-state index is 10.5. The van der Waals surface area contributed by atoms with Crippen LogP contribution in [0, 0.1) is 0 Å². The highest BCUT2D eigenvalue weighted by Crippen LogP contribution is 2.33. The second kappa shape index (κ2) is 10.4. The van der Waals surface area contributed by atoms with Crippen LogP contribution in [0.25, 0.3) is 0 Å². The maximum atomic E-state index is 10.5. The van der Waals surface area contributed by atoms with Gasteiger partial charge >= 0.3 is 0 Å². The fourth-order valence-corrected chi connectivity index (χ4v) is 4.41. The van der Waals surface area contributed by atoms with Crippen molar-refractivity contribution in [2.24, 2.45) is 22.9 Å². The second-order valence-corrected chi connectivity index (χ2v) is 8.95. The van der Waals surface area contributed by atoms with Crippen molar-refractivity contribution >= 4 is 0 Å². The largest absolute Gasteiger partial charge is 0.394 e. The average Bonchev–Trinajstić information content (AvgIpc) is 3.03. The Labute approximate surface area is 185 Å². The van der Waals surface area contributed by atoms with E-state index in [1.165, 1.54) is 0 Å². The van der Waals surface area contributed by atoms with E-state index in [2.05, 4.69) is 0 Å². The molecular formula is C18H36N4O10. The highest BCUT2D eigenvalue weighted by atomic mass is 16.7. The van der Waals surface area contributed by atoms with Crippen molar-refractivity contribution < 1.29 is 49.6 Å². The van der Waals surface area contributed by atoms with Crippen LogP contribution in [0.5, 0.6) is 0 Å². The minimum absolute atomic E-state index is 0.0312. The third-order valence-electron chi connectivity index (χ3n) is 6.39. The number of aliphatic hydroxyl groups excluding tert-OH is 6. The first-order valence-corrected chi connectivity index (χ1v) is 10.6. The summed E-state index contributed by atoms with van der Waals surface area (Å²) in [5.74, 6) is 0. The minimum atomic E-state index is -1.38. The molecule has 0 radical (unpaired) electrons. The van der Waals surface area contributed by atoms with Gasteiger partial charge in [-0.05, 0) is 12.8 Å². The van der Waals surface area contributed by atoms with Crippen molar-refractivity contribution in [2.45, 2.75) is 91.9 Å². The van der Waals surface area contributed by atoms with E-state index in [4.69, 9.17) is 41.9 Å². The topological polar surface area (TPSA) is 262 Å². The molecule has 2 heterocycles. The van der Waals surface area contributed by atoms with Gasteiger partial charge in [-0.1, -0.05) is 0 Å². The number of hydrogen-bond acceptors (Lipinski definition) is 14. The minimum Gasteiger partial charge on any atom is -0.394 e. The van der Waals surface area contributed by atoms with Crippen LogP contribution in [0.2, 0.25) is 0 Å². The van der Waals surface area contributed by atoms with E-state index in [0.29, 0.717) is 0 Å². The quantitative estimate of drug-likeness (QED) is 0.167. The molecule has 0 aromatic heterocycles. The molecule has 0 spiro atoms. The van der Waals surface area contributed by atoms with E-state index in [0.717, 1.165) is 0 Å². The molecule has 0 bridgehead atoms. The number of hydrogen-bond donors (Lipinski definition) is 10. The first-order chi connectivity index (χ1) is 15.0. The summed E-state index contributed by atoms with van der Waals surface area (Å²) in [6.07, 6.45) is -11.5. The number of aliphatic hydroxyl groups is 6. The zero-order chi connectivity index (χ0) is 23.8. The van der Waals surface area contributed by atoms with Gasteiger partial charge < -0.3 is 72.5 Å². The zero-order valence-electron chi connectivity index (χ0n) is 17.6. The Balaban J connectivity index is 1.63. The molecule has 14 N–H and O–H groups in total. The van der Waals surface area contributed by atoms with E-state index in [9.17, 15) is 30.6 Å². The summed E-state index contributed by atoms with van der Waals surface area (Å²) in [6.45, 7) is -0.740. The predicted octanol–water partition coefficient (Wildman–Crippen LogP) is -6.26. The normalized spacial score (nSPS) is 52.3. The van der Waals surface area contributed by atoms with Crippen LogP contribution in [0.3, 0.4) is 0 Å². The van der Waals surface area contributed by atoms with Gasteiger partial charge in [0, 0.05) is 18.1 Å². The molecule has 2 saturated heterocycles. The molecule has 14 heteroatoms. The summed E-state index contributed by atoms with van der Waals surface area (Å²) in [5, 5.41) is 59.9. The lowest BCUT2D eigenvalue weighted by molar-refractivity contribution is -0.272. The molecule has 0 amide bonds. The Morgan fingerprint density at radius 1 is 0.844 bits per heavy atom. The molecule has 188 valence electrons. The van der Waals surface area contributed by atoms with E-state index >= 15 is 0 Å². The van der Waals surface area contributed by atoms with Crippen molar-refractivity contribution in [3.05, 3.63) is 0 Å². The fraction of sp³-hybridized carbons (Fsp3) is 1.00. The average molecular weight is 469 g/mol. The summed E-state index contributed by atoms with van der Waals surface area (Å²) in [5.41, 5.74) is 22.8. The standard InChI is InChI=1S/C18H36N4O10/c19-3-8-12(25)15(28)17(31-8)30-7-2-18(22,1-6(20)11(7)24)5-29-16-10(21)14(27)13(26)9(4-23)32-16/h6-17,23-28H,1-5,19-22H2/t6-,7?,8-,9?,10?,11?,12?,13-,14?,15?,16+,17-,18?/m1/s1. The second-order valence-electron chi connectivity index (χ2n) is 8.95. The van der Waals surface area contributed by atoms with Crippen LogP contribution < -0.4 is 22.9 Å². The van der Waals surface area contributed by atoms with Gasteiger partial charge in [-0.15, -0.1) is 0 Å². The molecule has 3 aliphatic rings. The molecule has 0 aromatic rings. The van der Waals surface area contributed by atoms with Gasteiger partial charge in [0.25, 0.3) is 0 Å². The molecule has 32 heavy (non-hydrogen) atoms. The fourth-order valence-electron chi connectivity index (χ4n) is 4.41. The molecule has 2 aliphatic heterocycles. The summed E-state index contributed by atoms with van der Waals surface area (Å²) in [4.78, 5) is 0. The first kappa shape index (κ1) is 26.1. The predicted molar refractivity (Wildman–Crippen MR) is 106 cm³/mol. The van der Waals surface area contributed by atoms with Crippen LogP contribution in [0.4, 0.5) is 0 Å². The molecule has 3 rings (SSSR count). The van der Waals surface area contributed by atoms with Gasteiger partial charge in [0.05, 0.1) is 31.5 Å². The lowest BCUT2D eigenvalue weighted by atomic mass is 9.77. The maximum Gasteiger partial charge on any atom is 0.187 e.